The zero-order valence-electron chi connectivity index (χ0n) is 9.74. The van der Waals surface area contributed by atoms with Crippen LogP contribution in [0.5, 0.6) is 0 Å². The summed E-state index contributed by atoms with van der Waals surface area (Å²) in [5.41, 5.74) is 5.78. The van der Waals surface area contributed by atoms with Gasteiger partial charge in [-0.3, -0.25) is 4.99 Å². The van der Waals surface area contributed by atoms with Gasteiger partial charge in [-0.15, -0.1) is 0 Å². The van der Waals surface area contributed by atoms with Crippen LogP contribution < -0.4 is 11.1 Å². The molecule has 15 heavy (non-hydrogen) atoms. The third-order valence-electron chi connectivity index (χ3n) is 2.85. The van der Waals surface area contributed by atoms with Crippen LogP contribution in [0.2, 0.25) is 0 Å². The summed E-state index contributed by atoms with van der Waals surface area (Å²) in [5.74, 6) is 1.40. The predicted octanol–water partition coefficient (Wildman–Crippen LogP) is 0.708. The first-order chi connectivity index (χ1) is 7.13. The van der Waals surface area contributed by atoms with Crippen LogP contribution in [0.3, 0.4) is 0 Å². The van der Waals surface area contributed by atoms with E-state index in [1.807, 2.05) is 0 Å². The molecule has 0 saturated heterocycles. The van der Waals surface area contributed by atoms with Gasteiger partial charge >= 0.3 is 0 Å². The molecule has 0 bridgehead atoms. The summed E-state index contributed by atoms with van der Waals surface area (Å²) in [7, 11) is 0. The molecule has 0 amide bonds. The van der Waals surface area contributed by atoms with Crippen LogP contribution in [0.4, 0.5) is 0 Å². The molecule has 0 heterocycles. The van der Waals surface area contributed by atoms with Crippen molar-refractivity contribution in [3.8, 4) is 0 Å². The van der Waals surface area contributed by atoms with Gasteiger partial charge in [-0.1, -0.05) is 20.3 Å². The fraction of sp³-hybridized carbons (Fsp3) is 0.909. The van der Waals surface area contributed by atoms with Gasteiger partial charge in [-0.25, -0.2) is 0 Å². The van der Waals surface area contributed by atoms with Crippen molar-refractivity contribution in [3.63, 3.8) is 0 Å². The number of nitrogens with zero attached hydrogens (tertiary/aromatic N) is 1. The summed E-state index contributed by atoms with van der Waals surface area (Å²) in [6.45, 7) is 5.23. The number of hydrogen-bond acceptors (Lipinski definition) is 2. The summed E-state index contributed by atoms with van der Waals surface area (Å²) in [6.07, 6.45) is 3.34. The molecule has 0 aromatic heterocycles. The molecule has 0 aromatic carbocycles. The van der Waals surface area contributed by atoms with Gasteiger partial charge in [-0.05, 0) is 18.8 Å². The van der Waals surface area contributed by atoms with E-state index >= 15 is 0 Å². The highest BCUT2D eigenvalue weighted by molar-refractivity contribution is 5.78. The van der Waals surface area contributed by atoms with Crippen molar-refractivity contribution in [2.75, 3.05) is 13.2 Å². The van der Waals surface area contributed by atoms with Crippen LogP contribution in [-0.2, 0) is 0 Å². The van der Waals surface area contributed by atoms with Gasteiger partial charge in [0.1, 0.15) is 0 Å². The second-order valence-corrected chi connectivity index (χ2v) is 4.74. The Morgan fingerprint density at radius 2 is 2.27 bits per heavy atom. The van der Waals surface area contributed by atoms with Crippen LogP contribution in [0, 0.1) is 11.8 Å². The number of rotatable bonds is 4. The number of guanidine groups is 1. The van der Waals surface area contributed by atoms with Gasteiger partial charge < -0.3 is 16.2 Å². The topological polar surface area (TPSA) is 70.6 Å². The van der Waals surface area contributed by atoms with E-state index in [0.717, 1.165) is 19.4 Å². The molecule has 4 nitrogen and oxygen atoms in total. The van der Waals surface area contributed by atoms with Gasteiger partial charge in [0.15, 0.2) is 5.96 Å². The molecule has 1 rings (SSSR count). The standard InChI is InChI=1S/C11H23N3O/c1-8(2)6-13-11(12)14-10-5-3-4-9(10)7-15/h8-10,15H,3-7H2,1-2H3,(H3,12,13,14). The Hall–Kier alpha value is -0.770. The average molecular weight is 213 g/mol. The maximum Gasteiger partial charge on any atom is 0.188 e. The highest BCUT2D eigenvalue weighted by Crippen LogP contribution is 2.24. The summed E-state index contributed by atoms with van der Waals surface area (Å²) >= 11 is 0. The second-order valence-electron chi connectivity index (χ2n) is 4.74. The maximum atomic E-state index is 9.15. The van der Waals surface area contributed by atoms with Gasteiger partial charge in [0.2, 0.25) is 0 Å². The second kappa shape index (κ2) is 5.95. The normalized spacial score (nSPS) is 27.3. The zero-order valence-corrected chi connectivity index (χ0v) is 9.74. The number of aliphatic imine (C=N–C) groups is 1. The number of nitrogens with two attached hydrogens (primary N) is 1. The predicted molar refractivity (Wildman–Crippen MR) is 62.7 cm³/mol. The molecule has 4 N–H and O–H groups in total. The Labute approximate surface area is 92.0 Å². The van der Waals surface area contributed by atoms with E-state index in [4.69, 9.17) is 10.8 Å². The Morgan fingerprint density at radius 1 is 1.53 bits per heavy atom. The smallest absolute Gasteiger partial charge is 0.188 e. The van der Waals surface area contributed by atoms with E-state index in [9.17, 15) is 0 Å². The Balaban J connectivity index is 2.36. The van der Waals surface area contributed by atoms with E-state index in [2.05, 4.69) is 24.2 Å². The number of aliphatic hydroxyl groups is 1. The minimum atomic E-state index is 0.245. The Kier molecular flexibility index (Phi) is 4.88. The van der Waals surface area contributed by atoms with Crippen LogP contribution in [0.15, 0.2) is 4.99 Å². The van der Waals surface area contributed by atoms with Gasteiger partial charge in [0.05, 0.1) is 0 Å². The third kappa shape index (κ3) is 4.08. The van der Waals surface area contributed by atoms with E-state index < -0.39 is 0 Å². The molecule has 1 aliphatic rings. The molecule has 0 aromatic rings. The number of aliphatic hydroxyl groups excluding tert-OH is 1. The summed E-state index contributed by atoms with van der Waals surface area (Å²) in [5, 5.41) is 12.3. The highest BCUT2D eigenvalue weighted by Gasteiger charge is 2.26. The van der Waals surface area contributed by atoms with E-state index in [1.165, 1.54) is 6.42 Å². The third-order valence-corrected chi connectivity index (χ3v) is 2.85. The SMILES string of the molecule is CC(C)CN=C(N)NC1CCCC1CO. The molecular formula is C11H23N3O. The molecule has 2 atom stereocenters. The van der Waals surface area contributed by atoms with Crippen molar-refractivity contribution < 1.29 is 5.11 Å². The molecule has 4 heteroatoms. The first-order valence-electron chi connectivity index (χ1n) is 5.80. The van der Waals surface area contributed by atoms with Crippen LogP contribution in [0.1, 0.15) is 33.1 Å². The first-order valence-corrected chi connectivity index (χ1v) is 5.80. The molecule has 1 fully saturated rings. The molecular weight excluding hydrogens is 190 g/mol. The van der Waals surface area contributed by atoms with E-state index in [-0.39, 0.29) is 6.61 Å². The monoisotopic (exact) mass is 213 g/mol. The molecule has 1 aliphatic carbocycles. The van der Waals surface area contributed by atoms with Crippen molar-refractivity contribution in [1.29, 1.82) is 0 Å². The van der Waals surface area contributed by atoms with Crippen molar-refractivity contribution in [2.45, 2.75) is 39.2 Å². The number of nitrogens with one attached hydrogen (secondary N) is 1. The zero-order chi connectivity index (χ0) is 11.3. The fourth-order valence-corrected chi connectivity index (χ4v) is 1.96. The van der Waals surface area contributed by atoms with Crippen molar-refractivity contribution >= 4 is 5.96 Å². The van der Waals surface area contributed by atoms with Crippen molar-refractivity contribution in [3.05, 3.63) is 0 Å². The fourth-order valence-electron chi connectivity index (χ4n) is 1.96. The summed E-state index contributed by atoms with van der Waals surface area (Å²) in [4.78, 5) is 4.26. The molecule has 0 radical (unpaired) electrons. The van der Waals surface area contributed by atoms with Gasteiger partial charge in [0.25, 0.3) is 0 Å². The number of hydrogen-bond donors (Lipinski definition) is 3. The van der Waals surface area contributed by atoms with Crippen LogP contribution in [-0.4, -0.2) is 30.3 Å². The molecule has 2 unspecified atom stereocenters. The summed E-state index contributed by atoms with van der Waals surface area (Å²) in [6, 6.07) is 0.311. The van der Waals surface area contributed by atoms with Crippen molar-refractivity contribution in [1.82, 2.24) is 5.32 Å². The van der Waals surface area contributed by atoms with E-state index in [0.29, 0.717) is 23.8 Å². The lowest BCUT2D eigenvalue weighted by Crippen LogP contribution is -2.43. The molecule has 88 valence electrons. The lowest BCUT2D eigenvalue weighted by molar-refractivity contribution is 0.212. The van der Waals surface area contributed by atoms with E-state index in [1.54, 1.807) is 0 Å². The van der Waals surface area contributed by atoms with Crippen molar-refractivity contribution in [2.24, 2.45) is 22.6 Å². The lowest BCUT2D eigenvalue weighted by Gasteiger charge is -2.19. The van der Waals surface area contributed by atoms with Gasteiger partial charge in [-0.2, -0.15) is 0 Å². The van der Waals surface area contributed by atoms with Gasteiger partial charge in [0, 0.05) is 25.1 Å². The maximum absolute atomic E-state index is 9.15. The molecule has 1 saturated carbocycles. The highest BCUT2D eigenvalue weighted by atomic mass is 16.3. The molecule has 0 aliphatic heterocycles. The average Bonchev–Trinajstić information content (AvgIpc) is 2.62. The van der Waals surface area contributed by atoms with Crippen LogP contribution in [0.25, 0.3) is 0 Å². The van der Waals surface area contributed by atoms with Crippen LogP contribution >= 0.6 is 0 Å². The minimum Gasteiger partial charge on any atom is -0.396 e. The Morgan fingerprint density at radius 3 is 2.87 bits per heavy atom. The molecule has 0 spiro atoms. The quantitative estimate of drug-likeness (QED) is 0.476. The first kappa shape index (κ1) is 12.3. The minimum absolute atomic E-state index is 0.245. The summed E-state index contributed by atoms with van der Waals surface area (Å²) < 4.78 is 0. The lowest BCUT2D eigenvalue weighted by atomic mass is 10.1. The Bertz CT molecular complexity index is 216. The largest absolute Gasteiger partial charge is 0.396 e.